The van der Waals surface area contributed by atoms with E-state index >= 15 is 0 Å². The zero-order chi connectivity index (χ0) is 10.6. The van der Waals surface area contributed by atoms with E-state index in [4.69, 9.17) is 5.73 Å². The summed E-state index contributed by atoms with van der Waals surface area (Å²) in [5.41, 5.74) is 5.72. The summed E-state index contributed by atoms with van der Waals surface area (Å²) in [6.45, 7) is 0.0211. The van der Waals surface area contributed by atoms with Gasteiger partial charge in [-0.05, 0) is 17.2 Å². The van der Waals surface area contributed by atoms with Crippen LogP contribution in [0.1, 0.15) is 5.56 Å². The first-order valence-corrected chi connectivity index (χ1v) is 4.09. The molecule has 0 spiro atoms. The maximum absolute atomic E-state index is 13.1. The number of hydrogen-bond donors (Lipinski definition) is 1. The fourth-order valence-electron chi connectivity index (χ4n) is 1.06. The summed E-state index contributed by atoms with van der Waals surface area (Å²) < 4.78 is 37.7. The first kappa shape index (κ1) is 10.8. The maximum Gasteiger partial charge on any atom is 0.129 e. The van der Waals surface area contributed by atoms with E-state index in [0.717, 1.165) is 12.1 Å². The molecule has 0 amide bonds. The highest BCUT2D eigenvalue weighted by atomic mass is 19.1. The van der Waals surface area contributed by atoms with Crippen molar-refractivity contribution in [1.29, 1.82) is 0 Å². The number of rotatable bonds is 3. The Bertz CT molecular complexity index is 347. The first-order valence-electron chi connectivity index (χ1n) is 4.09. The third-order valence-corrected chi connectivity index (χ3v) is 1.85. The SMILES string of the molecule is NCC(=CF)Cc1ccc(F)cc1F. The highest BCUT2D eigenvalue weighted by Crippen LogP contribution is 2.13. The molecule has 0 aromatic heterocycles. The van der Waals surface area contributed by atoms with Gasteiger partial charge in [-0.1, -0.05) is 6.07 Å². The molecule has 4 heteroatoms. The molecule has 0 saturated heterocycles. The molecule has 0 bridgehead atoms. The highest BCUT2D eigenvalue weighted by molar-refractivity contribution is 5.24. The summed E-state index contributed by atoms with van der Waals surface area (Å²) in [4.78, 5) is 0. The topological polar surface area (TPSA) is 26.0 Å². The van der Waals surface area contributed by atoms with Crippen LogP contribution in [0.2, 0.25) is 0 Å². The summed E-state index contributed by atoms with van der Waals surface area (Å²) in [6, 6.07) is 3.18. The quantitative estimate of drug-likeness (QED) is 0.797. The molecule has 14 heavy (non-hydrogen) atoms. The smallest absolute Gasteiger partial charge is 0.129 e. The molecular weight excluding hydrogens is 191 g/mol. The van der Waals surface area contributed by atoms with Crippen molar-refractivity contribution in [3.63, 3.8) is 0 Å². The van der Waals surface area contributed by atoms with Gasteiger partial charge in [-0.15, -0.1) is 0 Å². The van der Waals surface area contributed by atoms with E-state index in [1.165, 1.54) is 6.07 Å². The lowest BCUT2D eigenvalue weighted by Gasteiger charge is -2.04. The lowest BCUT2D eigenvalue weighted by molar-refractivity contribution is 0.573. The Kier molecular flexibility index (Phi) is 3.71. The summed E-state index contributed by atoms with van der Waals surface area (Å²) in [5, 5.41) is 0. The Morgan fingerprint density at radius 2 is 2.07 bits per heavy atom. The van der Waals surface area contributed by atoms with E-state index in [1.54, 1.807) is 0 Å². The number of halogens is 3. The average molecular weight is 201 g/mol. The summed E-state index contributed by atoms with van der Waals surface area (Å²) >= 11 is 0. The molecule has 0 unspecified atom stereocenters. The molecule has 1 aromatic rings. The van der Waals surface area contributed by atoms with E-state index in [-0.39, 0.29) is 24.1 Å². The van der Waals surface area contributed by atoms with Crippen LogP contribution in [-0.4, -0.2) is 6.54 Å². The van der Waals surface area contributed by atoms with E-state index in [1.807, 2.05) is 0 Å². The Labute approximate surface area is 80.0 Å². The van der Waals surface area contributed by atoms with Gasteiger partial charge in [0.15, 0.2) is 0 Å². The lowest BCUT2D eigenvalue weighted by atomic mass is 10.1. The molecule has 0 saturated carbocycles. The minimum atomic E-state index is -0.683. The zero-order valence-electron chi connectivity index (χ0n) is 7.43. The van der Waals surface area contributed by atoms with E-state index in [9.17, 15) is 13.2 Å². The second-order valence-electron chi connectivity index (χ2n) is 2.88. The van der Waals surface area contributed by atoms with Crippen LogP contribution in [0.3, 0.4) is 0 Å². The van der Waals surface area contributed by atoms with Gasteiger partial charge in [-0.2, -0.15) is 0 Å². The van der Waals surface area contributed by atoms with Crippen molar-refractivity contribution in [2.75, 3.05) is 6.54 Å². The van der Waals surface area contributed by atoms with Gasteiger partial charge in [0.25, 0.3) is 0 Å². The standard InChI is InChI=1S/C10H10F3N/c11-5-7(6-14)3-8-1-2-9(12)4-10(8)13/h1-2,4-5H,3,6,14H2. The van der Waals surface area contributed by atoms with Crippen molar-refractivity contribution in [3.8, 4) is 0 Å². The predicted molar refractivity (Wildman–Crippen MR) is 48.3 cm³/mol. The van der Waals surface area contributed by atoms with E-state index in [2.05, 4.69) is 0 Å². The average Bonchev–Trinajstić information content (AvgIpc) is 2.17. The van der Waals surface area contributed by atoms with Gasteiger partial charge < -0.3 is 5.73 Å². The summed E-state index contributed by atoms with van der Waals surface area (Å²) in [6.07, 6.45) is 0.419. The lowest BCUT2D eigenvalue weighted by Crippen LogP contribution is -2.06. The maximum atomic E-state index is 13.1. The van der Waals surface area contributed by atoms with Crippen LogP contribution < -0.4 is 5.73 Å². The van der Waals surface area contributed by atoms with E-state index in [0.29, 0.717) is 6.33 Å². The molecule has 0 aliphatic heterocycles. The fraction of sp³-hybridized carbons (Fsp3) is 0.200. The van der Waals surface area contributed by atoms with Crippen LogP contribution in [0.15, 0.2) is 30.1 Å². The molecule has 0 radical (unpaired) electrons. The molecule has 1 rings (SSSR count). The minimum Gasteiger partial charge on any atom is -0.327 e. The predicted octanol–water partition coefficient (Wildman–Crippen LogP) is 2.32. The zero-order valence-corrected chi connectivity index (χ0v) is 7.43. The third kappa shape index (κ3) is 2.60. The van der Waals surface area contributed by atoms with Gasteiger partial charge in [0.2, 0.25) is 0 Å². The Hall–Kier alpha value is -1.29. The molecule has 0 fully saturated rings. The monoisotopic (exact) mass is 201 g/mol. The molecule has 2 N–H and O–H groups in total. The van der Waals surface area contributed by atoms with Crippen molar-refractivity contribution < 1.29 is 13.2 Å². The molecule has 0 aliphatic carbocycles. The van der Waals surface area contributed by atoms with Gasteiger partial charge >= 0.3 is 0 Å². The molecule has 0 aliphatic rings. The van der Waals surface area contributed by atoms with Crippen molar-refractivity contribution in [3.05, 3.63) is 47.3 Å². The molecule has 76 valence electrons. The van der Waals surface area contributed by atoms with Gasteiger partial charge in [0.05, 0.1) is 6.33 Å². The first-order chi connectivity index (χ1) is 6.67. The van der Waals surface area contributed by atoms with Crippen molar-refractivity contribution in [2.45, 2.75) is 6.42 Å². The minimum absolute atomic E-state index is 0.0211. The van der Waals surface area contributed by atoms with Crippen LogP contribution in [0, 0.1) is 11.6 Å². The van der Waals surface area contributed by atoms with Crippen molar-refractivity contribution >= 4 is 0 Å². The molecule has 1 aromatic carbocycles. The van der Waals surface area contributed by atoms with Crippen LogP contribution in [-0.2, 0) is 6.42 Å². The van der Waals surface area contributed by atoms with Gasteiger partial charge in [-0.3, -0.25) is 0 Å². The number of hydrogen-bond acceptors (Lipinski definition) is 1. The van der Waals surface area contributed by atoms with Crippen LogP contribution in [0.4, 0.5) is 13.2 Å². The highest BCUT2D eigenvalue weighted by Gasteiger charge is 2.05. The van der Waals surface area contributed by atoms with Crippen LogP contribution >= 0.6 is 0 Å². The molecule has 0 heterocycles. The van der Waals surface area contributed by atoms with Crippen LogP contribution in [0.25, 0.3) is 0 Å². The van der Waals surface area contributed by atoms with Gasteiger partial charge in [0, 0.05) is 19.0 Å². The van der Waals surface area contributed by atoms with Crippen molar-refractivity contribution in [1.82, 2.24) is 0 Å². The van der Waals surface area contributed by atoms with Gasteiger partial charge in [0.1, 0.15) is 11.6 Å². The normalized spacial score (nSPS) is 11.9. The summed E-state index contributed by atoms with van der Waals surface area (Å²) in [5.74, 6) is -1.33. The largest absolute Gasteiger partial charge is 0.327 e. The second-order valence-corrected chi connectivity index (χ2v) is 2.88. The molecule has 0 atom stereocenters. The second kappa shape index (κ2) is 4.81. The summed E-state index contributed by atoms with van der Waals surface area (Å²) in [7, 11) is 0. The van der Waals surface area contributed by atoms with E-state index < -0.39 is 11.6 Å². The van der Waals surface area contributed by atoms with Crippen LogP contribution in [0.5, 0.6) is 0 Å². The number of benzene rings is 1. The Balaban J connectivity index is 2.87. The third-order valence-electron chi connectivity index (χ3n) is 1.85. The van der Waals surface area contributed by atoms with Gasteiger partial charge in [-0.25, -0.2) is 13.2 Å². The number of nitrogens with two attached hydrogens (primary N) is 1. The Morgan fingerprint density at radius 3 is 2.57 bits per heavy atom. The fourth-order valence-corrected chi connectivity index (χ4v) is 1.06. The molecule has 1 nitrogen and oxygen atoms in total. The van der Waals surface area contributed by atoms with Crippen molar-refractivity contribution in [2.24, 2.45) is 5.73 Å². The molecular formula is C10H10F3N. The Morgan fingerprint density at radius 1 is 1.36 bits per heavy atom.